The van der Waals surface area contributed by atoms with Gasteiger partial charge in [0.15, 0.2) is 6.61 Å². The third-order valence-electron chi connectivity index (χ3n) is 3.29. The van der Waals surface area contributed by atoms with Gasteiger partial charge in [0.05, 0.1) is 4.88 Å². The summed E-state index contributed by atoms with van der Waals surface area (Å²) in [6.45, 7) is 0.261. The highest BCUT2D eigenvalue weighted by molar-refractivity contribution is 7.13. The Morgan fingerprint density at radius 1 is 1.00 bits per heavy atom. The maximum absolute atomic E-state index is 5.74. The van der Waals surface area contributed by atoms with Crippen molar-refractivity contribution in [1.82, 2.24) is 10.1 Å². The predicted octanol–water partition coefficient (Wildman–Crippen LogP) is 4.53. The van der Waals surface area contributed by atoms with Crippen molar-refractivity contribution in [2.24, 2.45) is 0 Å². The molecule has 0 fully saturated rings. The van der Waals surface area contributed by atoms with Crippen LogP contribution in [0.5, 0.6) is 5.75 Å². The summed E-state index contributed by atoms with van der Waals surface area (Å²) in [5.74, 6) is 1.86. The van der Waals surface area contributed by atoms with E-state index in [2.05, 4.69) is 22.3 Å². The first-order valence-electron chi connectivity index (χ1n) is 6.86. The number of aromatic nitrogens is 2. The highest BCUT2D eigenvalue weighted by Gasteiger charge is 2.09. The molecular formula is C17H12N2O2S. The standard InChI is InChI=1S/C17H12N2O2S/c1-2-5-13-10-14(8-7-12(13)4-1)20-11-16-18-17(19-21-16)15-6-3-9-22-15/h1-10H,11H2. The smallest absolute Gasteiger partial charge is 0.264 e. The van der Waals surface area contributed by atoms with E-state index in [4.69, 9.17) is 9.26 Å². The lowest BCUT2D eigenvalue weighted by atomic mass is 10.1. The van der Waals surface area contributed by atoms with Gasteiger partial charge in [-0.2, -0.15) is 4.98 Å². The summed E-state index contributed by atoms with van der Waals surface area (Å²) in [6.07, 6.45) is 0. The molecule has 0 aliphatic heterocycles. The first-order valence-corrected chi connectivity index (χ1v) is 7.74. The summed E-state index contributed by atoms with van der Waals surface area (Å²) < 4.78 is 11.0. The van der Waals surface area contributed by atoms with Crippen molar-refractivity contribution in [3.63, 3.8) is 0 Å². The zero-order valence-electron chi connectivity index (χ0n) is 11.6. The van der Waals surface area contributed by atoms with Gasteiger partial charge in [-0.1, -0.05) is 41.6 Å². The lowest BCUT2D eigenvalue weighted by molar-refractivity contribution is 0.243. The lowest BCUT2D eigenvalue weighted by Gasteiger charge is -2.04. The Morgan fingerprint density at radius 2 is 1.91 bits per heavy atom. The zero-order chi connectivity index (χ0) is 14.8. The summed E-state index contributed by atoms with van der Waals surface area (Å²) >= 11 is 1.58. The Bertz CT molecular complexity index is 900. The number of ether oxygens (including phenoxy) is 1. The molecule has 108 valence electrons. The molecule has 0 radical (unpaired) electrons. The van der Waals surface area contributed by atoms with Crippen LogP contribution < -0.4 is 4.74 Å². The first-order chi connectivity index (χ1) is 10.9. The first kappa shape index (κ1) is 13.0. The number of rotatable bonds is 4. The molecule has 0 aliphatic carbocycles. The van der Waals surface area contributed by atoms with E-state index in [0.29, 0.717) is 11.7 Å². The van der Waals surface area contributed by atoms with Crippen LogP contribution >= 0.6 is 11.3 Å². The largest absolute Gasteiger partial charge is 0.484 e. The number of fused-ring (bicyclic) bond motifs is 1. The molecule has 0 amide bonds. The van der Waals surface area contributed by atoms with Crippen LogP contribution in [-0.4, -0.2) is 10.1 Å². The van der Waals surface area contributed by atoms with Crippen molar-refractivity contribution >= 4 is 22.1 Å². The lowest BCUT2D eigenvalue weighted by Crippen LogP contribution is -1.95. The second-order valence-corrected chi connectivity index (χ2v) is 5.73. The maximum Gasteiger partial charge on any atom is 0.264 e. The van der Waals surface area contributed by atoms with Crippen molar-refractivity contribution < 1.29 is 9.26 Å². The summed E-state index contributed by atoms with van der Waals surface area (Å²) in [5.41, 5.74) is 0. The van der Waals surface area contributed by atoms with Crippen molar-refractivity contribution in [1.29, 1.82) is 0 Å². The van der Waals surface area contributed by atoms with Crippen LogP contribution in [0, 0.1) is 0 Å². The van der Waals surface area contributed by atoms with E-state index < -0.39 is 0 Å². The minimum absolute atomic E-state index is 0.261. The van der Waals surface area contributed by atoms with Gasteiger partial charge in [-0.05, 0) is 34.4 Å². The van der Waals surface area contributed by atoms with Crippen LogP contribution in [0.1, 0.15) is 5.89 Å². The van der Waals surface area contributed by atoms with Crippen molar-refractivity contribution in [3.8, 4) is 16.5 Å². The Balaban J connectivity index is 1.49. The van der Waals surface area contributed by atoms with Crippen LogP contribution in [0.25, 0.3) is 21.5 Å². The van der Waals surface area contributed by atoms with E-state index in [0.717, 1.165) is 16.0 Å². The zero-order valence-corrected chi connectivity index (χ0v) is 12.4. The van der Waals surface area contributed by atoms with E-state index >= 15 is 0 Å². The number of nitrogens with zero attached hydrogens (tertiary/aromatic N) is 2. The molecule has 0 spiro atoms. The second kappa shape index (κ2) is 5.61. The van der Waals surface area contributed by atoms with Gasteiger partial charge in [0, 0.05) is 0 Å². The fourth-order valence-electron chi connectivity index (χ4n) is 2.22. The quantitative estimate of drug-likeness (QED) is 0.555. The van der Waals surface area contributed by atoms with E-state index in [1.165, 1.54) is 5.39 Å². The minimum Gasteiger partial charge on any atom is -0.484 e. The number of hydrogen-bond acceptors (Lipinski definition) is 5. The van der Waals surface area contributed by atoms with Gasteiger partial charge >= 0.3 is 0 Å². The Morgan fingerprint density at radius 3 is 2.77 bits per heavy atom. The van der Waals surface area contributed by atoms with Crippen LogP contribution in [0.3, 0.4) is 0 Å². The number of benzene rings is 2. The van der Waals surface area contributed by atoms with Crippen LogP contribution in [0.4, 0.5) is 0 Å². The van der Waals surface area contributed by atoms with Crippen LogP contribution in [0.15, 0.2) is 64.5 Å². The van der Waals surface area contributed by atoms with E-state index in [1.807, 2.05) is 47.8 Å². The highest BCUT2D eigenvalue weighted by atomic mass is 32.1. The molecule has 0 N–H and O–H groups in total. The number of thiophene rings is 1. The number of hydrogen-bond donors (Lipinski definition) is 0. The molecule has 4 rings (SSSR count). The average molecular weight is 308 g/mol. The molecule has 22 heavy (non-hydrogen) atoms. The molecule has 4 nitrogen and oxygen atoms in total. The molecule has 0 saturated heterocycles. The SMILES string of the molecule is c1csc(-c2noc(COc3ccc4ccccc4c3)n2)c1. The van der Waals surface area contributed by atoms with Crippen molar-refractivity contribution in [2.45, 2.75) is 6.61 Å². The summed E-state index contributed by atoms with van der Waals surface area (Å²) in [7, 11) is 0. The Labute approximate surface area is 131 Å². The third kappa shape index (κ3) is 2.58. The van der Waals surface area contributed by atoms with Gasteiger partial charge < -0.3 is 9.26 Å². The molecule has 0 unspecified atom stereocenters. The Kier molecular flexibility index (Phi) is 3.33. The third-order valence-corrected chi connectivity index (χ3v) is 4.16. The van der Waals surface area contributed by atoms with Gasteiger partial charge in [0.25, 0.3) is 5.89 Å². The Hall–Kier alpha value is -2.66. The molecule has 0 aliphatic rings. The maximum atomic E-state index is 5.74. The van der Waals surface area contributed by atoms with E-state index in [1.54, 1.807) is 11.3 Å². The molecule has 2 aromatic heterocycles. The average Bonchev–Trinajstić information content (AvgIpc) is 3.24. The molecule has 0 saturated carbocycles. The molecule has 2 aromatic carbocycles. The minimum atomic E-state index is 0.261. The molecule has 5 heteroatoms. The van der Waals surface area contributed by atoms with Gasteiger partial charge in [-0.15, -0.1) is 11.3 Å². The highest BCUT2D eigenvalue weighted by Crippen LogP contribution is 2.23. The normalized spacial score (nSPS) is 10.9. The van der Waals surface area contributed by atoms with Crippen molar-refractivity contribution in [3.05, 3.63) is 65.9 Å². The van der Waals surface area contributed by atoms with Gasteiger partial charge in [0.1, 0.15) is 5.75 Å². The summed E-state index contributed by atoms with van der Waals surface area (Å²) in [4.78, 5) is 5.32. The predicted molar refractivity (Wildman–Crippen MR) is 85.9 cm³/mol. The van der Waals surface area contributed by atoms with Crippen LogP contribution in [-0.2, 0) is 6.61 Å². The molecular weight excluding hydrogens is 296 g/mol. The monoisotopic (exact) mass is 308 g/mol. The summed E-state index contributed by atoms with van der Waals surface area (Å²) in [5, 5.41) is 8.28. The van der Waals surface area contributed by atoms with Gasteiger partial charge in [-0.25, -0.2) is 0 Å². The molecule has 0 atom stereocenters. The van der Waals surface area contributed by atoms with E-state index in [9.17, 15) is 0 Å². The van der Waals surface area contributed by atoms with Gasteiger partial charge in [-0.3, -0.25) is 0 Å². The van der Waals surface area contributed by atoms with E-state index in [-0.39, 0.29) is 6.61 Å². The summed E-state index contributed by atoms with van der Waals surface area (Å²) in [6, 6.07) is 18.1. The topological polar surface area (TPSA) is 48.2 Å². The molecule has 4 aromatic rings. The molecule has 2 heterocycles. The van der Waals surface area contributed by atoms with Gasteiger partial charge in [0.2, 0.25) is 5.82 Å². The van der Waals surface area contributed by atoms with Crippen LogP contribution in [0.2, 0.25) is 0 Å². The molecule has 0 bridgehead atoms. The second-order valence-electron chi connectivity index (χ2n) is 4.79. The fraction of sp³-hybridized carbons (Fsp3) is 0.0588. The fourth-order valence-corrected chi connectivity index (χ4v) is 2.87. The van der Waals surface area contributed by atoms with Crippen molar-refractivity contribution in [2.75, 3.05) is 0 Å².